The molecule has 3 N–H and O–H groups in total. The van der Waals surface area contributed by atoms with Crippen molar-refractivity contribution >= 4 is 11.9 Å². The van der Waals surface area contributed by atoms with Crippen LogP contribution in [0.15, 0.2) is 0 Å². The van der Waals surface area contributed by atoms with Crippen LogP contribution >= 0.6 is 0 Å². The summed E-state index contributed by atoms with van der Waals surface area (Å²) >= 11 is 0. The summed E-state index contributed by atoms with van der Waals surface area (Å²) < 4.78 is 0. The molecule has 0 aromatic carbocycles. The molecule has 0 radical (unpaired) electrons. The average Bonchev–Trinajstić information content (AvgIpc) is 2.77. The minimum absolute atomic E-state index is 0.00615. The lowest BCUT2D eigenvalue weighted by atomic mass is 9.94. The number of carboxylic acid groups (broad SMARTS) is 1. The van der Waals surface area contributed by atoms with E-state index in [2.05, 4.69) is 24.5 Å². The summed E-state index contributed by atoms with van der Waals surface area (Å²) in [5.41, 5.74) is 0. The molecule has 1 unspecified atom stereocenters. The largest absolute Gasteiger partial charge is 0.481 e. The fourth-order valence-electron chi connectivity index (χ4n) is 2.43. The molecule has 5 nitrogen and oxygen atoms in total. The number of carbonyl (C=O) groups excluding carboxylic acids is 1. The van der Waals surface area contributed by atoms with E-state index in [0.717, 1.165) is 25.8 Å². The fourth-order valence-corrected chi connectivity index (χ4v) is 2.43. The predicted molar refractivity (Wildman–Crippen MR) is 69.2 cm³/mol. The van der Waals surface area contributed by atoms with E-state index in [4.69, 9.17) is 5.11 Å². The molecule has 1 saturated heterocycles. The summed E-state index contributed by atoms with van der Waals surface area (Å²) in [6, 6.07) is -0.0884. The van der Waals surface area contributed by atoms with Crippen LogP contribution in [0, 0.1) is 11.8 Å². The van der Waals surface area contributed by atoms with Gasteiger partial charge >= 0.3 is 5.97 Å². The molecule has 1 heterocycles. The van der Waals surface area contributed by atoms with E-state index in [9.17, 15) is 9.59 Å². The molecule has 2 atom stereocenters. The molecule has 0 aromatic heterocycles. The molecule has 1 amide bonds. The van der Waals surface area contributed by atoms with Gasteiger partial charge in [-0.25, -0.2) is 0 Å². The smallest absolute Gasteiger partial charge is 0.303 e. The van der Waals surface area contributed by atoms with Gasteiger partial charge in [0.25, 0.3) is 0 Å². The lowest BCUT2D eigenvalue weighted by molar-refractivity contribution is -0.138. The molecule has 1 aliphatic heterocycles. The monoisotopic (exact) mass is 256 g/mol. The molecule has 0 saturated carbocycles. The van der Waals surface area contributed by atoms with Crippen LogP contribution in [0.4, 0.5) is 0 Å². The highest BCUT2D eigenvalue weighted by molar-refractivity contribution is 5.82. The minimum atomic E-state index is -0.797. The molecule has 1 aliphatic rings. The van der Waals surface area contributed by atoms with Crippen molar-refractivity contribution < 1.29 is 14.7 Å². The summed E-state index contributed by atoms with van der Waals surface area (Å²) in [6.07, 6.45) is 2.85. The van der Waals surface area contributed by atoms with Crippen molar-refractivity contribution in [1.82, 2.24) is 10.6 Å². The Hall–Kier alpha value is -1.10. The Morgan fingerprint density at radius 1 is 1.44 bits per heavy atom. The molecule has 18 heavy (non-hydrogen) atoms. The van der Waals surface area contributed by atoms with Gasteiger partial charge < -0.3 is 15.7 Å². The van der Waals surface area contributed by atoms with Crippen LogP contribution in [0.2, 0.25) is 0 Å². The lowest BCUT2D eigenvalue weighted by Gasteiger charge is -2.19. The van der Waals surface area contributed by atoms with Crippen molar-refractivity contribution in [3.8, 4) is 0 Å². The van der Waals surface area contributed by atoms with Gasteiger partial charge in [0.2, 0.25) is 5.91 Å². The second-order valence-electron chi connectivity index (χ2n) is 5.49. The molecule has 0 bridgehead atoms. The third-order valence-corrected chi connectivity index (χ3v) is 3.21. The van der Waals surface area contributed by atoms with E-state index >= 15 is 0 Å². The van der Waals surface area contributed by atoms with Crippen molar-refractivity contribution in [3.05, 3.63) is 0 Å². The molecule has 0 aliphatic carbocycles. The van der Waals surface area contributed by atoms with Crippen LogP contribution in [-0.4, -0.2) is 36.1 Å². The summed E-state index contributed by atoms with van der Waals surface area (Å²) in [4.78, 5) is 22.6. The molecule has 104 valence electrons. The van der Waals surface area contributed by atoms with Gasteiger partial charge in [-0.1, -0.05) is 13.8 Å². The summed E-state index contributed by atoms with van der Waals surface area (Å²) in [5, 5.41) is 14.9. The van der Waals surface area contributed by atoms with Crippen LogP contribution in [0.1, 0.15) is 39.5 Å². The average molecular weight is 256 g/mol. The van der Waals surface area contributed by atoms with Crippen molar-refractivity contribution in [2.75, 3.05) is 13.1 Å². The number of nitrogens with one attached hydrogen (secondary N) is 2. The van der Waals surface area contributed by atoms with E-state index in [1.165, 1.54) is 0 Å². The number of hydrogen-bond donors (Lipinski definition) is 3. The second kappa shape index (κ2) is 7.36. The quantitative estimate of drug-likeness (QED) is 0.635. The minimum Gasteiger partial charge on any atom is -0.481 e. The molecule has 0 spiro atoms. The standard InChI is InChI=1S/C13H24N2O3/c1-9(2)6-10(7-12(16)17)8-15-13(18)11-4-3-5-14-11/h9-11,14H,3-8H2,1-2H3,(H,15,18)(H,16,17)/t10?,11-/m0/s1. The van der Waals surface area contributed by atoms with E-state index in [1.807, 2.05) is 0 Å². The van der Waals surface area contributed by atoms with Gasteiger partial charge in [0, 0.05) is 13.0 Å². The SMILES string of the molecule is CC(C)CC(CNC(=O)[C@@H]1CCCN1)CC(=O)O. The number of carboxylic acids is 1. The Morgan fingerprint density at radius 2 is 2.17 bits per heavy atom. The molecule has 1 rings (SSSR count). The van der Waals surface area contributed by atoms with Gasteiger partial charge in [0.05, 0.1) is 6.04 Å². The molecule has 1 fully saturated rings. The molecule has 0 aromatic rings. The van der Waals surface area contributed by atoms with Crippen molar-refractivity contribution in [2.24, 2.45) is 11.8 Å². The highest BCUT2D eigenvalue weighted by Gasteiger charge is 2.23. The fraction of sp³-hybridized carbons (Fsp3) is 0.846. The Bertz CT molecular complexity index is 286. The summed E-state index contributed by atoms with van der Waals surface area (Å²) in [5.74, 6) is -0.329. The van der Waals surface area contributed by atoms with Gasteiger partial charge in [0.1, 0.15) is 0 Å². The van der Waals surface area contributed by atoms with E-state index in [1.54, 1.807) is 0 Å². The zero-order valence-electron chi connectivity index (χ0n) is 11.2. The number of aliphatic carboxylic acids is 1. The summed E-state index contributed by atoms with van der Waals surface area (Å²) in [7, 11) is 0. The normalized spacial score (nSPS) is 20.9. The van der Waals surface area contributed by atoms with Crippen LogP contribution < -0.4 is 10.6 Å². The zero-order chi connectivity index (χ0) is 13.5. The Kier molecular flexibility index (Phi) is 6.12. The van der Waals surface area contributed by atoms with Crippen molar-refractivity contribution in [1.29, 1.82) is 0 Å². The number of rotatable bonds is 7. The molecular weight excluding hydrogens is 232 g/mol. The maximum atomic E-state index is 11.8. The maximum Gasteiger partial charge on any atom is 0.303 e. The maximum absolute atomic E-state index is 11.8. The zero-order valence-corrected chi connectivity index (χ0v) is 11.2. The first-order chi connectivity index (χ1) is 8.49. The topological polar surface area (TPSA) is 78.4 Å². The number of amides is 1. The summed E-state index contributed by atoms with van der Waals surface area (Å²) in [6.45, 7) is 5.48. The number of hydrogen-bond acceptors (Lipinski definition) is 3. The van der Waals surface area contributed by atoms with E-state index in [-0.39, 0.29) is 24.3 Å². The van der Waals surface area contributed by atoms with E-state index in [0.29, 0.717) is 12.5 Å². The highest BCUT2D eigenvalue weighted by atomic mass is 16.4. The predicted octanol–water partition coefficient (Wildman–Crippen LogP) is 0.992. The van der Waals surface area contributed by atoms with Gasteiger partial charge in [0.15, 0.2) is 0 Å². The third-order valence-electron chi connectivity index (χ3n) is 3.21. The van der Waals surface area contributed by atoms with E-state index < -0.39 is 5.97 Å². The van der Waals surface area contributed by atoms with Gasteiger partial charge in [-0.05, 0) is 37.6 Å². The Morgan fingerprint density at radius 3 is 2.67 bits per heavy atom. The Labute approximate surface area is 108 Å². The molecular formula is C13H24N2O3. The third kappa shape index (κ3) is 5.49. The van der Waals surface area contributed by atoms with Crippen LogP contribution in [-0.2, 0) is 9.59 Å². The first kappa shape index (κ1) is 15.0. The van der Waals surface area contributed by atoms with Crippen LogP contribution in [0.25, 0.3) is 0 Å². The van der Waals surface area contributed by atoms with Crippen molar-refractivity contribution in [3.63, 3.8) is 0 Å². The number of carbonyl (C=O) groups is 2. The highest BCUT2D eigenvalue weighted by Crippen LogP contribution is 2.15. The Balaban J connectivity index is 2.35. The van der Waals surface area contributed by atoms with Gasteiger partial charge in [-0.2, -0.15) is 0 Å². The van der Waals surface area contributed by atoms with Crippen LogP contribution in [0.5, 0.6) is 0 Å². The van der Waals surface area contributed by atoms with Crippen molar-refractivity contribution in [2.45, 2.75) is 45.6 Å². The first-order valence-corrected chi connectivity index (χ1v) is 6.72. The molecule has 5 heteroatoms. The van der Waals surface area contributed by atoms with Gasteiger partial charge in [-0.3, -0.25) is 9.59 Å². The van der Waals surface area contributed by atoms with Gasteiger partial charge in [-0.15, -0.1) is 0 Å². The second-order valence-corrected chi connectivity index (χ2v) is 5.49. The van der Waals surface area contributed by atoms with Crippen LogP contribution in [0.3, 0.4) is 0 Å². The lowest BCUT2D eigenvalue weighted by Crippen LogP contribution is -2.42. The first-order valence-electron chi connectivity index (χ1n) is 6.72.